The molecule has 0 saturated carbocycles. The van der Waals surface area contributed by atoms with Crippen molar-refractivity contribution < 1.29 is 0 Å². The third kappa shape index (κ3) is 4.72. The standard InChI is InChI=1S/C20H24N8/c1-27-10-12-28(13-11-27)18-7-5-16(6-8-18)24-20-25-19(15-23-26-20)22-14-17-4-2-3-9-21-17/h2-9,15H,10-14H2,1H3,(H2,22,24,25,26). The summed E-state index contributed by atoms with van der Waals surface area (Å²) in [5.41, 5.74) is 3.11. The molecule has 0 bridgehead atoms. The molecule has 4 rings (SSSR count). The van der Waals surface area contributed by atoms with Gasteiger partial charge in [-0.25, -0.2) is 0 Å². The molecule has 0 aliphatic carbocycles. The van der Waals surface area contributed by atoms with Crippen LogP contribution in [-0.2, 0) is 6.54 Å². The van der Waals surface area contributed by atoms with Crippen LogP contribution < -0.4 is 15.5 Å². The molecule has 1 aliphatic heterocycles. The van der Waals surface area contributed by atoms with Crippen molar-refractivity contribution in [3.05, 3.63) is 60.6 Å². The molecule has 1 fully saturated rings. The van der Waals surface area contributed by atoms with Crippen LogP contribution in [0.1, 0.15) is 5.69 Å². The molecule has 0 radical (unpaired) electrons. The molecular formula is C20H24N8. The van der Waals surface area contributed by atoms with Gasteiger partial charge in [0.2, 0.25) is 5.95 Å². The van der Waals surface area contributed by atoms with Gasteiger partial charge in [0.25, 0.3) is 0 Å². The van der Waals surface area contributed by atoms with Crippen LogP contribution in [-0.4, -0.2) is 58.3 Å². The highest BCUT2D eigenvalue weighted by Crippen LogP contribution is 2.21. The van der Waals surface area contributed by atoms with Gasteiger partial charge in [0.1, 0.15) is 0 Å². The van der Waals surface area contributed by atoms with Gasteiger partial charge in [-0.3, -0.25) is 4.98 Å². The maximum Gasteiger partial charge on any atom is 0.249 e. The van der Waals surface area contributed by atoms with E-state index in [0.717, 1.165) is 37.6 Å². The van der Waals surface area contributed by atoms with Gasteiger partial charge < -0.3 is 20.4 Å². The number of aromatic nitrogens is 4. The average Bonchev–Trinajstić information content (AvgIpc) is 2.75. The van der Waals surface area contributed by atoms with E-state index in [0.29, 0.717) is 18.3 Å². The molecule has 1 aromatic carbocycles. The SMILES string of the molecule is CN1CCN(c2ccc(Nc3nncc(NCc4ccccn4)n3)cc2)CC1. The zero-order valence-electron chi connectivity index (χ0n) is 15.9. The van der Waals surface area contributed by atoms with Gasteiger partial charge in [-0.15, -0.1) is 5.10 Å². The Bertz CT molecular complexity index is 876. The third-order valence-electron chi connectivity index (χ3n) is 4.73. The molecule has 0 unspecified atom stereocenters. The molecule has 28 heavy (non-hydrogen) atoms. The fourth-order valence-electron chi connectivity index (χ4n) is 3.07. The summed E-state index contributed by atoms with van der Waals surface area (Å²) in [5, 5.41) is 14.5. The number of hydrogen-bond acceptors (Lipinski definition) is 8. The van der Waals surface area contributed by atoms with Crippen LogP contribution in [0.25, 0.3) is 0 Å². The van der Waals surface area contributed by atoms with Crippen LogP contribution in [0.2, 0.25) is 0 Å². The number of nitrogens with zero attached hydrogens (tertiary/aromatic N) is 6. The van der Waals surface area contributed by atoms with Gasteiger partial charge in [0, 0.05) is 43.8 Å². The quantitative estimate of drug-likeness (QED) is 0.679. The van der Waals surface area contributed by atoms with Crippen LogP contribution in [0.15, 0.2) is 54.9 Å². The van der Waals surface area contributed by atoms with E-state index in [9.17, 15) is 0 Å². The molecule has 3 aromatic rings. The van der Waals surface area contributed by atoms with Crippen LogP contribution in [0, 0.1) is 0 Å². The summed E-state index contributed by atoms with van der Waals surface area (Å²) in [6.45, 7) is 4.88. The first-order valence-corrected chi connectivity index (χ1v) is 9.40. The van der Waals surface area contributed by atoms with E-state index in [1.165, 1.54) is 5.69 Å². The molecule has 0 spiro atoms. The van der Waals surface area contributed by atoms with Crippen LogP contribution in [0.4, 0.5) is 23.1 Å². The molecule has 8 nitrogen and oxygen atoms in total. The minimum atomic E-state index is 0.457. The zero-order chi connectivity index (χ0) is 19.2. The fraction of sp³-hybridized carbons (Fsp3) is 0.300. The van der Waals surface area contributed by atoms with E-state index >= 15 is 0 Å². The predicted molar refractivity (Wildman–Crippen MR) is 111 cm³/mol. The van der Waals surface area contributed by atoms with E-state index in [2.05, 4.69) is 59.8 Å². The van der Waals surface area contributed by atoms with Crippen molar-refractivity contribution in [3.63, 3.8) is 0 Å². The maximum atomic E-state index is 4.46. The number of pyridine rings is 1. The Hall–Kier alpha value is -3.26. The lowest BCUT2D eigenvalue weighted by Crippen LogP contribution is -2.44. The number of hydrogen-bond donors (Lipinski definition) is 2. The molecule has 144 valence electrons. The molecule has 3 heterocycles. The van der Waals surface area contributed by atoms with Crippen molar-refractivity contribution >= 4 is 23.1 Å². The summed E-state index contributed by atoms with van der Waals surface area (Å²) in [7, 11) is 2.16. The van der Waals surface area contributed by atoms with Crippen LogP contribution >= 0.6 is 0 Å². The first-order chi connectivity index (χ1) is 13.8. The van der Waals surface area contributed by atoms with E-state index in [1.54, 1.807) is 12.4 Å². The fourth-order valence-corrected chi connectivity index (χ4v) is 3.07. The van der Waals surface area contributed by atoms with E-state index < -0.39 is 0 Å². The Labute approximate surface area is 164 Å². The van der Waals surface area contributed by atoms with Gasteiger partial charge in [-0.2, -0.15) is 10.1 Å². The van der Waals surface area contributed by atoms with Crippen molar-refractivity contribution in [3.8, 4) is 0 Å². The first-order valence-electron chi connectivity index (χ1n) is 9.40. The smallest absolute Gasteiger partial charge is 0.249 e. The summed E-state index contributed by atoms with van der Waals surface area (Å²) in [6, 6.07) is 14.2. The lowest BCUT2D eigenvalue weighted by atomic mass is 10.2. The average molecular weight is 376 g/mol. The highest BCUT2D eigenvalue weighted by molar-refractivity contribution is 5.59. The number of piperazine rings is 1. The summed E-state index contributed by atoms with van der Waals surface area (Å²) < 4.78 is 0. The summed E-state index contributed by atoms with van der Waals surface area (Å²) >= 11 is 0. The van der Waals surface area contributed by atoms with Crippen molar-refractivity contribution in [2.45, 2.75) is 6.54 Å². The highest BCUT2D eigenvalue weighted by Gasteiger charge is 2.14. The summed E-state index contributed by atoms with van der Waals surface area (Å²) in [4.78, 5) is 13.5. The Morgan fingerprint density at radius 1 is 1.00 bits per heavy atom. The molecule has 2 aromatic heterocycles. The number of nitrogens with one attached hydrogen (secondary N) is 2. The van der Waals surface area contributed by atoms with E-state index in [4.69, 9.17) is 0 Å². The van der Waals surface area contributed by atoms with Gasteiger partial charge in [-0.1, -0.05) is 6.07 Å². The number of likely N-dealkylation sites (N-methyl/N-ethyl adjacent to an activating group) is 1. The van der Waals surface area contributed by atoms with Gasteiger partial charge in [0.05, 0.1) is 18.4 Å². The van der Waals surface area contributed by atoms with Crippen molar-refractivity contribution in [2.75, 3.05) is 48.8 Å². The largest absolute Gasteiger partial charge is 0.369 e. The second kappa shape index (κ2) is 8.62. The Morgan fingerprint density at radius 2 is 1.82 bits per heavy atom. The van der Waals surface area contributed by atoms with Gasteiger partial charge in [-0.05, 0) is 43.4 Å². The minimum absolute atomic E-state index is 0.457. The summed E-state index contributed by atoms with van der Waals surface area (Å²) in [5.74, 6) is 1.11. The predicted octanol–water partition coefficient (Wildman–Crippen LogP) is 2.37. The highest BCUT2D eigenvalue weighted by atomic mass is 15.3. The van der Waals surface area contributed by atoms with Gasteiger partial charge in [0.15, 0.2) is 5.82 Å². The zero-order valence-corrected chi connectivity index (χ0v) is 15.9. The molecule has 1 saturated heterocycles. The third-order valence-corrected chi connectivity index (χ3v) is 4.73. The Balaban J connectivity index is 1.36. The molecule has 2 N–H and O–H groups in total. The Morgan fingerprint density at radius 3 is 2.57 bits per heavy atom. The van der Waals surface area contributed by atoms with Crippen molar-refractivity contribution in [2.24, 2.45) is 0 Å². The number of benzene rings is 1. The lowest BCUT2D eigenvalue weighted by Gasteiger charge is -2.34. The second-order valence-electron chi connectivity index (χ2n) is 6.80. The van der Waals surface area contributed by atoms with Crippen LogP contribution in [0.3, 0.4) is 0 Å². The maximum absolute atomic E-state index is 4.46. The van der Waals surface area contributed by atoms with E-state index in [1.807, 2.05) is 30.3 Å². The Kier molecular flexibility index (Phi) is 5.58. The molecule has 8 heteroatoms. The monoisotopic (exact) mass is 376 g/mol. The first kappa shape index (κ1) is 18.1. The summed E-state index contributed by atoms with van der Waals surface area (Å²) in [6.07, 6.45) is 3.37. The molecule has 0 atom stereocenters. The van der Waals surface area contributed by atoms with Crippen molar-refractivity contribution in [1.82, 2.24) is 25.1 Å². The van der Waals surface area contributed by atoms with E-state index in [-0.39, 0.29) is 0 Å². The molecule has 1 aliphatic rings. The normalized spacial score (nSPS) is 14.7. The van der Waals surface area contributed by atoms with Crippen molar-refractivity contribution in [1.29, 1.82) is 0 Å². The second-order valence-corrected chi connectivity index (χ2v) is 6.80. The van der Waals surface area contributed by atoms with Crippen LogP contribution in [0.5, 0.6) is 0 Å². The molecular weight excluding hydrogens is 352 g/mol. The molecule has 0 amide bonds. The number of rotatable bonds is 6. The lowest BCUT2D eigenvalue weighted by molar-refractivity contribution is 0.313. The van der Waals surface area contributed by atoms with Gasteiger partial charge >= 0.3 is 0 Å². The minimum Gasteiger partial charge on any atom is -0.369 e. The number of anilines is 4. The topological polar surface area (TPSA) is 82.1 Å².